The van der Waals surface area contributed by atoms with Gasteiger partial charge in [-0.3, -0.25) is 9.59 Å². The SMILES string of the molecule is Cc1cc(C)cc(NC(=O)C(NC(=O)c2cccc(C)c2)C(C)C)c1. The minimum atomic E-state index is -0.603. The van der Waals surface area contributed by atoms with Crippen molar-refractivity contribution in [3.63, 3.8) is 0 Å². The van der Waals surface area contributed by atoms with E-state index in [0.29, 0.717) is 5.56 Å². The fraction of sp³-hybridized carbons (Fsp3) is 0.333. The Morgan fingerprint density at radius 3 is 2.08 bits per heavy atom. The summed E-state index contributed by atoms with van der Waals surface area (Å²) < 4.78 is 0. The first-order valence-corrected chi connectivity index (χ1v) is 8.53. The number of amides is 2. The van der Waals surface area contributed by atoms with Crippen LogP contribution in [-0.2, 0) is 4.79 Å². The highest BCUT2D eigenvalue weighted by Crippen LogP contribution is 2.15. The van der Waals surface area contributed by atoms with Crippen LogP contribution in [0.15, 0.2) is 42.5 Å². The van der Waals surface area contributed by atoms with Crippen LogP contribution in [0.2, 0.25) is 0 Å². The summed E-state index contributed by atoms with van der Waals surface area (Å²) >= 11 is 0. The van der Waals surface area contributed by atoms with Crippen LogP contribution in [0.4, 0.5) is 5.69 Å². The average molecular weight is 338 g/mol. The van der Waals surface area contributed by atoms with Gasteiger partial charge in [-0.25, -0.2) is 0 Å². The molecule has 4 nitrogen and oxygen atoms in total. The maximum atomic E-state index is 12.7. The van der Waals surface area contributed by atoms with Gasteiger partial charge in [0.1, 0.15) is 6.04 Å². The van der Waals surface area contributed by atoms with E-state index in [1.54, 1.807) is 6.07 Å². The number of anilines is 1. The van der Waals surface area contributed by atoms with Gasteiger partial charge in [0.25, 0.3) is 5.91 Å². The molecule has 2 aromatic carbocycles. The molecule has 1 atom stereocenters. The molecule has 0 radical (unpaired) electrons. The first-order chi connectivity index (χ1) is 11.8. The third kappa shape index (κ3) is 5.18. The maximum absolute atomic E-state index is 12.7. The predicted octanol–water partition coefficient (Wildman–Crippen LogP) is 4.00. The molecule has 0 spiro atoms. The Bertz CT molecular complexity index is 761. The summed E-state index contributed by atoms with van der Waals surface area (Å²) in [4.78, 5) is 25.2. The zero-order valence-corrected chi connectivity index (χ0v) is 15.5. The van der Waals surface area contributed by atoms with Crippen molar-refractivity contribution in [2.75, 3.05) is 5.32 Å². The molecular weight excluding hydrogens is 312 g/mol. The summed E-state index contributed by atoms with van der Waals surface area (Å²) in [6.07, 6.45) is 0. The van der Waals surface area contributed by atoms with E-state index in [2.05, 4.69) is 16.7 Å². The third-order valence-electron chi connectivity index (χ3n) is 4.01. The van der Waals surface area contributed by atoms with E-state index in [0.717, 1.165) is 22.4 Å². The van der Waals surface area contributed by atoms with Gasteiger partial charge in [0, 0.05) is 11.3 Å². The molecule has 4 heteroatoms. The van der Waals surface area contributed by atoms with Gasteiger partial charge in [-0.05, 0) is 62.1 Å². The monoisotopic (exact) mass is 338 g/mol. The molecule has 0 aromatic heterocycles. The molecule has 0 saturated carbocycles. The van der Waals surface area contributed by atoms with E-state index in [-0.39, 0.29) is 17.7 Å². The minimum Gasteiger partial charge on any atom is -0.340 e. The Morgan fingerprint density at radius 2 is 1.52 bits per heavy atom. The highest BCUT2D eigenvalue weighted by molar-refractivity contribution is 6.01. The van der Waals surface area contributed by atoms with Crippen LogP contribution in [-0.4, -0.2) is 17.9 Å². The van der Waals surface area contributed by atoms with E-state index >= 15 is 0 Å². The van der Waals surface area contributed by atoms with Crippen molar-refractivity contribution in [2.24, 2.45) is 5.92 Å². The van der Waals surface area contributed by atoms with Crippen molar-refractivity contribution >= 4 is 17.5 Å². The van der Waals surface area contributed by atoms with Gasteiger partial charge >= 0.3 is 0 Å². The van der Waals surface area contributed by atoms with Crippen LogP contribution in [0.5, 0.6) is 0 Å². The standard InChI is InChI=1S/C21H26N2O2/c1-13(2)19(23-20(24)17-8-6-7-14(3)10-17)21(25)22-18-11-15(4)9-16(5)12-18/h6-13,19H,1-5H3,(H,22,25)(H,23,24). The molecule has 132 valence electrons. The van der Waals surface area contributed by atoms with Crippen molar-refractivity contribution in [1.29, 1.82) is 0 Å². The molecule has 0 aliphatic heterocycles. The summed E-state index contributed by atoms with van der Waals surface area (Å²) in [6, 6.07) is 12.6. The summed E-state index contributed by atoms with van der Waals surface area (Å²) in [5.41, 5.74) is 4.48. The zero-order chi connectivity index (χ0) is 18.6. The number of nitrogens with one attached hydrogen (secondary N) is 2. The quantitative estimate of drug-likeness (QED) is 0.865. The number of hydrogen-bond acceptors (Lipinski definition) is 2. The van der Waals surface area contributed by atoms with E-state index < -0.39 is 6.04 Å². The fourth-order valence-corrected chi connectivity index (χ4v) is 2.81. The maximum Gasteiger partial charge on any atom is 0.251 e. The van der Waals surface area contributed by atoms with Gasteiger partial charge in [0.05, 0.1) is 0 Å². The molecular formula is C21H26N2O2. The van der Waals surface area contributed by atoms with Crippen molar-refractivity contribution in [3.05, 3.63) is 64.7 Å². The molecule has 0 heterocycles. The molecule has 2 amide bonds. The van der Waals surface area contributed by atoms with Crippen LogP contribution < -0.4 is 10.6 Å². The summed E-state index contributed by atoms with van der Waals surface area (Å²) in [5, 5.41) is 5.78. The number of benzene rings is 2. The highest BCUT2D eigenvalue weighted by atomic mass is 16.2. The smallest absolute Gasteiger partial charge is 0.251 e. The van der Waals surface area contributed by atoms with Crippen molar-refractivity contribution < 1.29 is 9.59 Å². The molecule has 2 rings (SSSR count). The first kappa shape index (κ1) is 18.7. The number of rotatable bonds is 5. The lowest BCUT2D eigenvalue weighted by Crippen LogP contribution is -2.47. The lowest BCUT2D eigenvalue weighted by atomic mass is 10.0. The Labute approximate surface area is 149 Å². The number of carbonyl (C=O) groups is 2. The zero-order valence-electron chi connectivity index (χ0n) is 15.5. The van der Waals surface area contributed by atoms with E-state index in [9.17, 15) is 9.59 Å². The molecule has 0 saturated heterocycles. The minimum absolute atomic E-state index is 0.0281. The number of hydrogen-bond donors (Lipinski definition) is 2. The van der Waals surface area contributed by atoms with Crippen LogP contribution in [0, 0.1) is 26.7 Å². The second-order valence-electron chi connectivity index (χ2n) is 6.93. The Morgan fingerprint density at radius 1 is 0.880 bits per heavy atom. The average Bonchev–Trinajstić information content (AvgIpc) is 2.50. The summed E-state index contributed by atoms with van der Waals surface area (Å²) in [5.74, 6) is -0.473. The summed E-state index contributed by atoms with van der Waals surface area (Å²) in [6.45, 7) is 9.75. The lowest BCUT2D eigenvalue weighted by molar-refractivity contribution is -0.118. The van der Waals surface area contributed by atoms with Crippen molar-refractivity contribution in [2.45, 2.75) is 40.7 Å². The topological polar surface area (TPSA) is 58.2 Å². The Kier molecular flexibility index (Phi) is 5.97. The third-order valence-corrected chi connectivity index (χ3v) is 4.01. The van der Waals surface area contributed by atoms with Crippen LogP contribution >= 0.6 is 0 Å². The highest BCUT2D eigenvalue weighted by Gasteiger charge is 2.25. The molecule has 2 aromatic rings. The van der Waals surface area contributed by atoms with Crippen molar-refractivity contribution in [1.82, 2.24) is 5.32 Å². The van der Waals surface area contributed by atoms with E-state index in [4.69, 9.17) is 0 Å². The largest absolute Gasteiger partial charge is 0.340 e. The summed E-state index contributed by atoms with van der Waals surface area (Å²) in [7, 11) is 0. The van der Waals surface area contributed by atoms with E-state index in [1.807, 2.05) is 65.0 Å². The van der Waals surface area contributed by atoms with Crippen LogP contribution in [0.25, 0.3) is 0 Å². The fourth-order valence-electron chi connectivity index (χ4n) is 2.81. The van der Waals surface area contributed by atoms with Gasteiger partial charge < -0.3 is 10.6 Å². The number of carbonyl (C=O) groups excluding carboxylic acids is 2. The van der Waals surface area contributed by atoms with Gasteiger partial charge in [-0.2, -0.15) is 0 Å². The van der Waals surface area contributed by atoms with Gasteiger partial charge in [-0.1, -0.05) is 37.6 Å². The lowest BCUT2D eigenvalue weighted by Gasteiger charge is -2.22. The van der Waals surface area contributed by atoms with Crippen molar-refractivity contribution in [3.8, 4) is 0 Å². The molecule has 0 fully saturated rings. The molecule has 0 aliphatic rings. The molecule has 1 unspecified atom stereocenters. The molecule has 25 heavy (non-hydrogen) atoms. The number of aryl methyl sites for hydroxylation is 3. The van der Waals surface area contributed by atoms with Gasteiger partial charge in [-0.15, -0.1) is 0 Å². The van der Waals surface area contributed by atoms with Crippen LogP contribution in [0.3, 0.4) is 0 Å². The van der Waals surface area contributed by atoms with Gasteiger partial charge in [0.2, 0.25) is 5.91 Å². The normalized spacial score (nSPS) is 11.9. The van der Waals surface area contributed by atoms with E-state index in [1.165, 1.54) is 0 Å². The Hall–Kier alpha value is -2.62. The molecule has 0 bridgehead atoms. The Balaban J connectivity index is 2.14. The second kappa shape index (κ2) is 7.97. The molecule has 0 aliphatic carbocycles. The predicted molar refractivity (Wildman–Crippen MR) is 102 cm³/mol. The first-order valence-electron chi connectivity index (χ1n) is 8.53. The van der Waals surface area contributed by atoms with Gasteiger partial charge in [0.15, 0.2) is 0 Å². The molecule has 2 N–H and O–H groups in total. The second-order valence-corrected chi connectivity index (χ2v) is 6.93. The van der Waals surface area contributed by atoms with Crippen LogP contribution in [0.1, 0.15) is 40.9 Å².